The van der Waals surface area contributed by atoms with Gasteiger partial charge in [-0.1, -0.05) is 77.7 Å². The number of hydrogen-bond acceptors (Lipinski definition) is 4. The fourth-order valence-corrected chi connectivity index (χ4v) is 6.28. The number of pyridine rings is 3. The summed E-state index contributed by atoms with van der Waals surface area (Å²) in [6.07, 6.45) is 7.49. The Hall–Kier alpha value is -5.74. The molecule has 0 saturated carbocycles. The second kappa shape index (κ2) is 14.4. The standard InChI is InChI=1S/C33H21N2O.C12H10N.Ir/c1-21-17-28(25-10-5-9-23-13-15-34-20-30(23)25)33-29(18-21)26-11-6-12-27(32(26)36-33)31-19-24(14-16-35-31)22-7-3-2-4-8-22;1-10-7-8-12(13-9-10)11-5-3-2-4-6-11;/h2-11,13-20H,1H3;2-5,7-9H,1H3;/q2*-1;. The number of benzene rings is 5. The van der Waals surface area contributed by atoms with Crippen LogP contribution in [0.1, 0.15) is 11.1 Å². The van der Waals surface area contributed by atoms with Gasteiger partial charge in [0.05, 0.1) is 5.58 Å². The zero-order valence-electron chi connectivity index (χ0n) is 27.5. The maximum absolute atomic E-state index is 6.68. The zero-order chi connectivity index (χ0) is 33.2. The predicted molar refractivity (Wildman–Crippen MR) is 200 cm³/mol. The van der Waals surface area contributed by atoms with E-state index in [1.54, 1.807) is 0 Å². The fraction of sp³-hybridized carbons (Fsp3) is 0.0444. The van der Waals surface area contributed by atoms with E-state index in [4.69, 9.17) is 9.40 Å². The van der Waals surface area contributed by atoms with Gasteiger partial charge in [-0.15, -0.1) is 54.1 Å². The van der Waals surface area contributed by atoms with E-state index in [0.29, 0.717) is 0 Å². The Morgan fingerprint density at radius 1 is 0.540 bits per heavy atom. The van der Waals surface area contributed by atoms with Crippen molar-refractivity contribution >= 4 is 32.7 Å². The molecule has 0 unspecified atom stereocenters. The van der Waals surface area contributed by atoms with Crippen LogP contribution in [0.25, 0.3) is 77.5 Å². The predicted octanol–water partition coefficient (Wildman–Crippen LogP) is 11.5. The van der Waals surface area contributed by atoms with Crippen LogP contribution < -0.4 is 0 Å². The smallest absolute Gasteiger partial charge is 0.128 e. The van der Waals surface area contributed by atoms with Gasteiger partial charge in [0.15, 0.2) is 0 Å². The van der Waals surface area contributed by atoms with Crippen LogP contribution in [0.2, 0.25) is 0 Å². The van der Waals surface area contributed by atoms with E-state index >= 15 is 0 Å². The van der Waals surface area contributed by atoms with Crippen LogP contribution in [0, 0.1) is 26.0 Å². The molecule has 0 aliphatic carbocycles. The molecule has 50 heavy (non-hydrogen) atoms. The van der Waals surface area contributed by atoms with Gasteiger partial charge in [0.2, 0.25) is 0 Å². The largest absolute Gasteiger partial charge is 0.500 e. The molecule has 5 aromatic carbocycles. The van der Waals surface area contributed by atoms with Crippen LogP contribution in [0.3, 0.4) is 0 Å². The molecule has 0 spiro atoms. The molecule has 0 atom stereocenters. The second-order valence-electron chi connectivity index (χ2n) is 12.1. The molecule has 0 aliphatic heterocycles. The van der Waals surface area contributed by atoms with E-state index in [9.17, 15) is 0 Å². The summed E-state index contributed by atoms with van der Waals surface area (Å²) in [6.45, 7) is 4.16. The number of fused-ring (bicyclic) bond motifs is 4. The quantitative estimate of drug-likeness (QED) is 0.166. The van der Waals surface area contributed by atoms with Crippen molar-refractivity contribution in [1.82, 2.24) is 15.0 Å². The molecule has 4 heterocycles. The molecule has 0 bridgehead atoms. The SMILES string of the molecule is Cc1cc(-c2cccc3ccncc23)c2oc3c(-c4cc(-c5ccccc5)ccn4)[c-]ccc3c2c1.Cc1ccc(-c2[c-]cccc2)nc1.[Ir]. The van der Waals surface area contributed by atoms with Crippen LogP contribution in [0.4, 0.5) is 0 Å². The minimum Gasteiger partial charge on any atom is -0.500 e. The van der Waals surface area contributed by atoms with Crippen molar-refractivity contribution in [3.05, 3.63) is 175 Å². The average Bonchev–Trinajstić information content (AvgIpc) is 3.54. The van der Waals surface area contributed by atoms with E-state index in [1.807, 2.05) is 98.4 Å². The van der Waals surface area contributed by atoms with Crippen LogP contribution in [-0.4, -0.2) is 15.0 Å². The molecule has 5 heteroatoms. The van der Waals surface area contributed by atoms with Gasteiger partial charge in [0, 0.05) is 61.2 Å². The number of furan rings is 1. The van der Waals surface area contributed by atoms with Crippen LogP contribution in [0.15, 0.2) is 157 Å². The first-order valence-corrected chi connectivity index (χ1v) is 16.2. The van der Waals surface area contributed by atoms with Crippen molar-refractivity contribution in [3.8, 4) is 44.8 Å². The Kier molecular flexibility index (Phi) is 9.44. The van der Waals surface area contributed by atoms with E-state index < -0.39 is 0 Å². The van der Waals surface area contributed by atoms with Crippen molar-refractivity contribution < 1.29 is 24.5 Å². The Labute approximate surface area is 304 Å². The number of aromatic nitrogens is 3. The molecule has 9 aromatic rings. The Morgan fingerprint density at radius 3 is 2.24 bits per heavy atom. The van der Waals surface area contributed by atoms with Crippen LogP contribution in [0.5, 0.6) is 0 Å². The average molecular weight is 822 g/mol. The van der Waals surface area contributed by atoms with Gasteiger partial charge in [-0.25, -0.2) is 0 Å². The molecule has 0 aliphatic rings. The van der Waals surface area contributed by atoms with E-state index in [-0.39, 0.29) is 20.1 Å². The molecule has 0 saturated heterocycles. The summed E-state index contributed by atoms with van der Waals surface area (Å²) in [7, 11) is 0. The van der Waals surface area contributed by atoms with Gasteiger partial charge in [0.25, 0.3) is 0 Å². The normalized spacial score (nSPS) is 10.8. The molecule has 4 aromatic heterocycles. The van der Waals surface area contributed by atoms with E-state index in [1.165, 1.54) is 11.1 Å². The zero-order valence-corrected chi connectivity index (χ0v) is 29.9. The number of aryl methyl sites for hydroxylation is 2. The monoisotopic (exact) mass is 822 g/mol. The van der Waals surface area contributed by atoms with E-state index in [0.717, 1.165) is 77.5 Å². The molecule has 0 amide bonds. The minimum atomic E-state index is 0. The summed E-state index contributed by atoms with van der Waals surface area (Å²) in [5, 5.41) is 4.42. The Balaban J connectivity index is 0.000000236. The molecule has 9 rings (SSSR count). The number of nitrogens with zero attached hydrogens (tertiary/aromatic N) is 3. The third kappa shape index (κ3) is 6.49. The second-order valence-corrected chi connectivity index (χ2v) is 12.1. The number of rotatable bonds is 4. The molecular weight excluding hydrogens is 791 g/mol. The van der Waals surface area contributed by atoms with Crippen LogP contribution in [-0.2, 0) is 20.1 Å². The minimum absolute atomic E-state index is 0. The third-order valence-electron chi connectivity index (χ3n) is 8.67. The van der Waals surface area contributed by atoms with Crippen molar-refractivity contribution in [2.24, 2.45) is 0 Å². The molecule has 4 nitrogen and oxygen atoms in total. The van der Waals surface area contributed by atoms with Gasteiger partial charge >= 0.3 is 0 Å². The van der Waals surface area contributed by atoms with Crippen molar-refractivity contribution in [2.45, 2.75) is 13.8 Å². The summed E-state index contributed by atoms with van der Waals surface area (Å²) in [5.41, 5.74) is 12.2. The first kappa shape index (κ1) is 32.8. The summed E-state index contributed by atoms with van der Waals surface area (Å²) in [6, 6.07) is 49.8. The fourth-order valence-electron chi connectivity index (χ4n) is 6.28. The van der Waals surface area contributed by atoms with Crippen molar-refractivity contribution in [3.63, 3.8) is 0 Å². The third-order valence-corrected chi connectivity index (χ3v) is 8.67. The maximum Gasteiger partial charge on any atom is 0.128 e. The number of hydrogen-bond donors (Lipinski definition) is 0. The first-order valence-electron chi connectivity index (χ1n) is 16.2. The molecule has 0 fully saturated rings. The molecule has 0 N–H and O–H groups in total. The van der Waals surface area contributed by atoms with Gasteiger partial charge < -0.3 is 14.4 Å². The topological polar surface area (TPSA) is 51.8 Å². The molecule has 243 valence electrons. The van der Waals surface area contributed by atoms with E-state index in [2.05, 4.69) is 89.7 Å². The Bertz CT molecular complexity index is 2560. The van der Waals surface area contributed by atoms with Gasteiger partial charge in [-0.3, -0.25) is 4.98 Å². The van der Waals surface area contributed by atoms with Gasteiger partial charge in [0.1, 0.15) is 5.58 Å². The molecular formula is C45H31IrN3O-2. The van der Waals surface area contributed by atoms with Crippen molar-refractivity contribution in [2.75, 3.05) is 0 Å². The van der Waals surface area contributed by atoms with Gasteiger partial charge in [-0.05, 0) is 82.7 Å². The van der Waals surface area contributed by atoms with Gasteiger partial charge in [-0.2, -0.15) is 0 Å². The maximum atomic E-state index is 6.68. The summed E-state index contributed by atoms with van der Waals surface area (Å²) in [4.78, 5) is 13.4. The first-order chi connectivity index (χ1) is 24.1. The molecule has 1 radical (unpaired) electrons. The summed E-state index contributed by atoms with van der Waals surface area (Å²) in [5.74, 6) is 0. The van der Waals surface area contributed by atoms with Crippen LogP contribution >= 0.6 is 0 Å². The Morgan fingerprint density at radius 2 is 1.42 bits per heavy atom. The summed E-state index contributed by atoms with van der Waals surface area (Å²) < 4.78 is 6.68. The van der Waals surface area contributed by atoms with Crippen molar-refractivity contribution in [1.29, 1.82) is 0 Å². The summed E-state index contributed by atoms with van der Waals surface area (Å²) >= 11 is 0.